The maximum Gasteiger partial charge on any atom is 0.131 e. The summed E-state index contributed by atoms with van der Waals surface area (Å²) in [5.41, 5.74) is 1.55. The monoisotopic (exact) mass is 363 g/mol. The van der Waals surface area contributed by atoms with Crippen LogP contribution in [0.1, 0.15) is 17.5 Å². The molecule has 1 unspecified atom stereocenters. The Morgan fingerprint density at radius 1 is 1.28 bits per heavy atom. The lowest BCUT2D eigenvalue weighted by Crippen LogP contribution is -2.25. The van der Waals surface area contributed by atoms with Gasteiger partial charge in [-0.3, -0.25) is 0 Å². The highest BCUT2D eigenvalue weighted by Gasteiger charge is 2.17. The summed E-state index contributed by atoms with van der Waals surface area (Å²) in [4.78, 5) is 2.30. The van der Waals surface area contributed by atoms with Crippen LogP contribution in [0.5, 0.6) is 5.75 Å². The van der Waals surface area contributed by atoms with Gasteiger partial charge in [-0.2, -0.15) is 0 Å². The van der Waals surface area contributed by atoms with Gasteiger partial charge >= 0.3 is 0 Å². The topological polar surface area (TPSA) is 21.7 Å². The van der Waals surface area contributed by atoms with E-state index in [0.717, 1.165) is 38.5 Å². The van der Waals surface area contributed by atoms with Crippen LogP contribution in [0.15, 0.2) is 42.5 Å². The Labute approximate surface area is 153 Å². The zero-order valence-corrected chi connectivity index (χ0v) is 15.1. The Kier molecular flexibility index (Phi) is 6.29. The molecule has 2 aromatic carbocycles. The van der Waals surface area contributed by atoms with Gasteiger partial charge in [-0.1, -0.05) is 29.8 Å². The Morgan fingerprint density at radius 2 is 2.12 bits per heavy atom. The van der Waals surface area contributed by atoms with Crippen molar-refractivity contribution in [1.29, 1.82) is 0 Å². The van der Waals surface area contributed by atoms with E-state index < -0.39 is 0 Å². The summed E-state index contributed by atoms with van der Waals surface area (Å²) in [6.45, 7) is 3.71. The van der Waals surface area contributed by atoms with E-state index in [4.69, 9.17) is 21.1 Å². The third-order valence-electron chi connectivity index (χ3n) is 4.39. The van der Waals surface area contributed by atoms with E-state index >= 15 is 0 Å². The normalized spacial score (nSPS) is 17.2. The standard InChI is InChI=1S/C20H23ClFNO2/c1-23(12-16-8-9-24-13-16)11-15-4-2-5-17(10-15)25-14-18-19(21)6-3-7-20(18)22/h2-7,10,16H,8-9,11-14H2,1H3. The minimum absolute atomic E-state index is 0.115. The predicted octanol–water partition coefficient (Wildman–Crippen LogP) is 4.53. The van der Waals surface area contributed by atoms with Gasteiger partial charge in [0.15, 0.2) is 0 Å². The molecule has 0 bridgehead atoms. The molecule has 1 aliphatic heterocycles. The molecule has 134 valence electrons. The highest BCUT2D eigenvalue weighted by molar-refractivity contribution is 6.31. The second kappa shape index (κ2) is 8.65. The fraction of sp³-hybridized carbons (Fsp3) is 0.400. The van der Waals surface area contributed by atoms with Gasteiger partial charge in [0, 0.05) is 25.3 Å². The molecule has 0 aromatic heterocycles. The van der Waals surface area contributed by atoms with E-state index in [1.54, 1.807) is 12.1 Å². The molecule has 1 saturated heterocycles. The quantitative estimate of drug-likeness (QED) is 0.721. The molecule has 0 aliphatic carbocycles. The van der Waals surface area contributed by atoms with Crippen molar-refractivity contribution in [2.45, 2.75) is 19.6 Å². The molecule has 3 rings (SSSR count). The number of hydrogen-bond donors (Lipinski definition) is 0. The number of hydrogen-bond acceptors (Lipinski definition) is 3. The molecule has 1 heterocycles. The van der Waals surface area contributed by atoms with Crippen LogP contribution in [0.4, 0.5) is 4.39 Å². The van der Waals surface area contributed by atoms with Crippen LogP contribution in [0.25, 0.3) is 0 Å². The predicted molar refractivity (Wildman–Crippen MR) is 97.4 cm³/mol. The van der Waals surface area contributed by atoms with Crippen molar-refractivity contribution >= 4 is 11.6 Å². The first-order valence-corrected chi connectivity index (χ1v) is 8.90. The van der Waals surface area contributed by atoms with Gasteiger partial charge in [-0.05, 0) is 49.2 Å². The minimum Gasteiger partial charge on any atom is -0.489 e. The number of rotatable bonds is 7. The summed E-state index contributed by atoms with van der Waals surface area (Å²) in [7, 11) is 2.12. The van der Waals surface area contributed by atoms with Gasteiger partial charge in [-0.25, -0.2) is 4.39 Å². The van der Waals surface area contributed by atoms with Crippen LogP contribution in [-0.2, 0) is 17.9 Å². The van der Waals surface area contributed by atoms with Crippen molar-refractivity contribution in [1.82, 2.24) is 4.90 Å². The first kappa shape index (κ1) is 18.2. The van der Waals surface area contributed by atoms with Gasteiger partial charge in [0.2, 0.25) is 0 Å². The summed E-state index contributed by atoms with van der Waals surface area (Å²) in [6.07, 6.45) is 1.14. The molecule has 0 N–H and O–H groups in total. The SMILES string of the molecule is CN(Cc1cccc(OCc2c(F)cccc2Cl)c1)CC1CCOC1. The smallest absolute Gasteiger partial charge is 0.131 e. The summed E-state index contributed by atoms with van der Waals surface area (Å²) in [5, 5.41) is 0.384. The summed E-state index contributed by atoms with van der Waals surface area (Å²) in [6, 6.07) is 12.6. The van der Waals surface area contributed by atoms with E-state index in [9.17, 15) is 4.39 Å². The van der Waals surface area contributed by atoms with Crippen molar-refractivity contribution < 1.29 is 13.9 Å². The fourth-order valence-electron chi connectivity index (χ4n) is 3.10. The van der Waals surface area contributed by atoms with Crippen molar-refractivity contribution in [2.75, 3.05) is 26.8 Å². The maximum atomic E-state index is 13.8. The third-order valence-corrected chi connectivity index (χ3v) is 4.74. The van der Waals surface area contributed by atoms with E-state index in [-0.39, 0.29) is 12.4 Å². The lowest BCUT2D eigenvalue weighted by Gasteiger charge is -2.20. The first-order chi connectivity index (χ1) is 12.1. The van der Waals surface area contributed by atoms with E-state index in [1.807, 2.05) is 18.2 Å². The molecule has 25 heavy (non-hydrogen) atoms. The van der Waals surface area contributed by atoms with Crippen molar-refractivity contribution in [3.05, 3.63) is 64.4 Å². The van der Waals surface area contributed by atoms with Crippen LogP contribution >= 0.6 is 11.6 Å². The second-order valence-corrected chi connectivity index (χ2v) is 6.97. The van der Waals surface area contributed by atoms with Crippen LogP contribution in [0.3, 0.4) is 0 Å². The third kappa shape index (κ3) is 5.18. The highest BCUT2D eigenvalue weighted by Crippen LogP contribution is 2.22. The van der Waals surface area contributed by atoms with Crippen molar-refractivity contribution in [2.24, 2.45) is 5.92 Å². The molecule has 1 fully saturated rings. The van der Waals surface area contributed by atoms with Crippen LogP contribution in [-0.4, -0.2) is 31.7 Å². The zero-order chi connectivity index (χ0) is 17.6. The molecule has 0 spiro atoms. The molecule has 2 aromatic rings. The van der Waals surface area contributed by atoms with Gasteiger partial charge in [-0.15, -0.1) is 0 Å². The van der Waals surface area contributed by atoms with Gasteiger partial charge < -0.3 is 14.4 Å². The largest absolute Gasteiger partial charge is 0.489 e. The molecule has 1 aliphatic rings. The molecular formula is C20H23ClFNO2. The average Bonchev–Trinajstić information content (AvgIpc) is 3.07. The molecule has 0 amide bonds. The Bertz CT molecular complexity index is 684. The maximum absolute atomic E-state index is 13.8. The van der Waals surface area contributed by atoms with Crippen LogP contribution in [0.2, 0.25) is 5.02 Å². The minimum atomic E-state index is -0.345. The number of halogens is 2. The average molecular weight is 364 g/mol. The fourth-order valence-corrected chi connectivity index (χ4v) is 3.32. The summed E-state index contributed by atoms with van der Waals surface area (Å²) < 4.78 is 25.0. The Morgan fingerprint density at radius 3 is 2.88 bits per heavy atom. The molecule has 0 saturated carbocycles. The lowest BCUT2D eigenvalue weighted by molar-refractivity contribution is 0.173. The Hall–Kier alpha value is -1.62. The van der Waals surface area contributed by atoms with Gasteiger partial charge in [0.05, 0.1) is 11.6 Å². The molecule has 3 nitrogen and oxygen atoms in total. The second-order valence-electron chi connectivity index (χ2n) is 6.56. The number of nitrogens with zero attached hydrogens (tertiary/aromatic N) is 1. The van der Waals surface area contributed by atoms with E-state index in [2.05, 4.69) is 18.0 Å². The first-order valence-electron chi connectivity index (χ1n) is 8.53. The summed E-state index contributed by atoms with van der Waals surface area (Å²) >= 11 is 6.04. The van der Waals surface area contributed by atoms with Gasteiger partial charge in [0.25, 0.3) is 0 Å². The lowest BCUT2D eigenvalue weighted by atomic mass is 10.1. The van der Waals surface area contributed by atoms with E-state index in [1.165, 1.54) is 11.6 Å². The summed E-state index contributed by atoms with van der Waals surface area (Å²) in [5.74, 6) is 0.990. The van der Waals surface area contributed by atoms with Crippen LogP contribution < -0.4 is 4.74 Å². The van der Waals surface area contributed by atoms with Gasteiger partial charge in [0.1, 0.15) is 18.2 Å². The molecule has 1 atom stereocenters. The molecule has 0 radical (unpaired) electrons. The zero-order valence-electron chi connectivity index (χ0n) is 14.4. The van der Waals surface area contributed by atoms with Crippen molar-refractivity contribution in [3.63, 3.8) is 0 Å². The highest BCUT2D eigenvalue weighted by atomic mass is 35.5. The Balaban J connectivity index is 1.57. The molecular weight excluding hydrogens is 341 g/mol. The number of ether oxygens (including phenoxy) is 2. The van der Waals surface area contributed by atoms with Crippen LogP contribution in [0, 0.1) is 11.7 Å². The molecule has 5 heteroatoms. The van der Waals surface area contributed by atoms with Crippen molar-refractivity contribution in [3.8, 4) is 5.75 Å². The number of benzene rings is 2. The van der Waals surface area contributed by atoms with E-state index in [0.29, 0.717) is 16.5 Å².